The Morgan fingerprint density at radius 1 is 1.36 bits per heavy atom. The topological polar surface area (TPSA) is 0 Å². The summed E-state index contributed by atoms with van der Waals surface area (Å²) in [6.07, 6.45) is 6.25. The van der Waals surface area contributed by atoms with Crippen LogP contribution in [0.4, 0.5) is 0 Å². The number of rotatable bonds is 0. The molecule has 14 heavy (non-hydrogen) atoms. The van der Waals surface area contributed by atoms with Crippen LogP contribution in [0, 0.1) is 0 Å². The van der Waals surface area contributed by atoms with Crippen LogP contribution in [0.1, 0.15) is 53.9 Å². The second-order valence-corrected chi connectivity index (χ2v) is 4.53. The maximum absolute atomic E-state index is 2.96. The van der Waals surface area contributed by atoms with Crippen LogP contribution in [0.5, 0.6) is 0 Å². The zero-order chi connectivity index (χ0) is 11.1. The monoisotopic (exact) mass is 212 g/mol. The van der Waals surface area contributed by atoms with Gasteiger partial charge in [0.2, 0.25) is 0 Å². The molecule has 1 saturated carbocycles. The Morgan fingerprint density at radius 3 is 2.29 bits per heavy atom. The van der Waals surface area contributed by atoms with E-state index in [0.717, 1.165) is 0 Å². The van der Waals surface area contributed by atoms with Crippen LogP contribution in [-0.4, -0.2) is 5.66 Å². The quantitative estimate of drug-likeness (QED) is 0.509. The number of hydrogen-bond donors (Lipinski definition) is 0. The minimum atomic E-state index is 0.702. The van der Waals surface area contributed by atoms with Gasteiger partial charge in [-0.2, -0.15) is 0 Å². The van der Waals surface area contributed by atoms with Crippen LogP contribution in [-0.2, 0) is 0 Å². The molecule has 0 heterocycles. The molecule has 0 N–H and O–H groups in total. The maximum atomic E-state index is 2.96. The highest BCUT2D eigenvalue weighted by Crippen LogP contribution is 2.35. The van der Waals surface area contributed by atoms with Gasteiger partial charge in [-0.1, -0.05) is 25.5 Å². The molecule has 82 valence electrons. The molecule has 1 rings (SSSR count). The molecular formula is C13H25P. The van der Waals surface area contributed by atoms with Gasteiger partial charge < -0.3 is 0 Å². The molecule has 0 aromatic heterocycles. The van der Waals surface area contributed by atoms with E-state index in [1.807, 2.05) is 13.8 Å². The molecule has 0 spiro atoms. The van der Waals surface area contributed by atoms with Gasteiger partial charge in [0.1, 0.15) is 0 Å². The summed E-state index contributed by atoms with van der Waals surface area (Å²) in [7, 11) is 2.96. The summed E-state index contributed by atoms with van der Waals surface area (Å²) < 4.78 is 0. The predicted octanol–water partition coefficient (Wildman–Crippen LogP) is 4.72. The van der Waals surface area contributed by atoms with Gasteiger partial charge in [-0.15, -0.1) is 9.24 Å². The molecule has 0 nitrogen and oxygen atoms in total. The molecule has 0 aromatic carbocycles. The van der Waals surface area contributed by atoms with Crippen molar-refractivity contribution in [2.75, 3.05) is 0 Å². The first kappa shape index (κ1) is 13.9. The van der Waals surface area contributed by atoms with E-state index in [-0.39, 0.29) is 0 Å². The molecule has 1 heteroatoms. The summed E-state index contributed by atoms with van der Waals surface area (Å²) in [4.78, 5) is 0. The highest BCUT2D eigenvalue weighted by atomic mass is 31.0. The second-order valence-electron chi connectivity index (χ2n) is 3.72. The lowest BCUT2D eigenvalue weighted by Crippen LogP contribution is -2.12. The minimum Gasteiger partial charge on any atom is -0.130 e. The van der Waals surface area contributed by atoms with Crippen molar-refractivity contribution in [2.24, 2.45) is 0 Å². The average Bonchev–Trinajstić information content (AvgIpc) is 2.20. The molecule has 1 fully saturated rings. The molecule has 0 aromatic rings. The van der Waals surface area contributed by atoms with Crippen molar-refractivity contribution >= 4 is 9.24 Å². The van der Waals surface area contributed by atoms with Crippen molar-refractivity contribution in [3.63, 3.8) is 0 Å². The van der Waals surface area contributed by atoms with Crippen LogP contribution in [0.15, 0.2) is 22.8 Å². The Balaban J connectivity index is 0.000000791. The lowest BCUT2D eigenvalue weighted by atomic mass is 9.86. The number of hydrogen-bond acceptors (Lipinski definition) is 0. The highest BCUT2D eigenvalue weighted by Gasteiger charge is 2.18. The van der Waals surface area contributed by atoms with E-state index >= 15 is 0 Å². The fourth-order valence-corrected chi connectivity index (χ4v) is 2.58. The Morgan fingerprint density at radius 2 is 1.93 bits per heavy atom. The first-order chi connectivity index (χ1) is 6.66. The molecule has 2 unspecified atom stereocenters. The third kappa shape index (κ3) is 3.58. The highest BCUT2D eigenvalue weighted by molar-refractivity contribution is 7.18. The van der Waals surface area contributed by atoms with Crippen molar-refractivity contribution in [1.29, 1.82) is 0 Å². The van der Waals surface area contributed by atoms with Crippen molar-refractivity contribution in [3.05, 3.63) is 22.8 Å². The van der Waals surface area contributed by atoms with Gasteiger partial charge in [-0.05, 0) is 56.8 Å². The third-order valence-electron chi connectivity index (χ3n) is 2.60. The van der Waals surface area contributed by atoms with E-state index in [1.165, 1.54) is 24.8 Å². The van der Waals surface area contributed by atoms with Gasteiger partial charge in [0.25, 0.3) is 0 Å². The summed E-state index contributed by atoms with van der Waals surface area (Å²) in [5.41, 5.74) is 5.36. The molecule has 0 bridgehead atoms. The van der Waals surface area contributed by atoms with E-state index in [2.05, 4.69) is 36.1 Å². The fourth-order valence-electron chi connectivity index (χ4n) is 1.95. The maximum Gasteiger partial charge on any atom is -0.00150 e. The first-order valence-corrected chi connectivity index (χ1v) is 6.42. The molecular weight excluding hydrogens is 187 g/mol. The van der Waals surface area contributed by atoms with E-state index < -0.39 is 0 Å². The Labute approximate surface area is 92.1 Å². The van der Waals surface area contributed by atoms with Gasteiger partial charge in [-0.3, -0.25) is 0 Å². The van der Waals surface area contributed by atoms with E-state index in [1.54, 1.807) is 11.1 Å². The Bertz CT molecular complexity index is 219. The predicted molar refractivity (Wildman–Crippen MR) is 70.8 cm³/mol. The average molecular weight is 212 g/mol. The summed E-state index contributed by atoms with van der Waals surface area (Å²) in [5.74, 6) is 0. The van der Waals surface area contributed by atoms with Gasteiger partial charge in [0, 0.05) is 0 Å². The largest absolute Gasteiger partial charge is 0.130 e. The normalized spacial score (nSPS) is 24.3. The summed E-state index contributed by atoms with van der Waals surface area (Å²) in [6, 6.07) is 0. The Kier molecular flexibility index (Phi) is 7.19. The molecule has 0 saturated heterocycles. The lowest BCUT2D eigenvalue weighted by molar-refractivity contribution is 0.684. The summed E-state index contributed by atoms with van der Waals surface area (Å²) in [6.45, 7) is 10.6. The zero-order valence-corrected chi connectivity index (χ0v) is 11.5. The van der Waals surface area contributed by atoms with Gasteiger partial charge >= 0.3 is 0 Å². The van der Waals surface area contributed by atoms with Gasteiger partial charge in [-0.25, -0.2) is 0 Å². The summed E-state index contributed by atoms with van der Waals surface area (Å²) >= 11 is 0. The first-order valence-electron chi connectivity index (χ1n) is 5.75. The van der Waals surface area contributed by atoms with E-state index in [4.69, 9.17) is 0 Å². The van der Waals surface area contributed by atoms with Crippen LogP contribution in [0.25, 0.3) is 0 Å². The molecule has 0 radical (unpaired) electrons. The Hall–Kier alpha value is -0.0900. The molecule has 1 aliphatic rings. The van der Waals surface area contributed by atoms with Gasteiger partial charge in [0.15, 0.2) is 0 Å². The third-order valence-corrected chi connectivity index (χ3v) is 3.30. The van der Waals surface area contributed by atoms with Crippen molar-refractivity contribution in [2.45, 2.75) is 59.5 Å². The van der Waals surface area contributed by atoms with E-state index in [0.29, 0.717) is 5.66 Å². The van der Waals surface area contributed by atoms with Crippen LogP contribution in [0.3, 0.4) is 0 Å². The second kappa shape index (κ2) is 7.23. The smallest absolute Gasteiger partial charge is 0.00150 e. The van der Waals surface area contributed by atoms with Crippen LogP contribution >= 0.6 is 9.24 Å². The van der Waals surface area contributed by atoms with Crippen LogP contribution in [0.2, 0.25) is 0 Å². The zero-order valence-electron chi connectivity index (χ0n) is 10.4. The van der Waals surface area contributed by atoms with Crippen molar-refractivity contribution in [1.82, 2.24) is 0 Å². The molecule has 0 amide bonds. The van der Waals surface area contributed by atoms with Gasteiger partial charge in [0.05, 0.1) is 0 Å². The fraction of sp³-hybridized carbons (Fsp3) is 0.692. The minimum absolute atomic E-state index is 0.702. The van der Waals surface area contributed by atoms with Crippen molar-refractivity contribution < 1.29 is 0 Å². The number of allylic oxidation sites excluding steroid dienone is 4. The molecule has 2 atom stereocenters. The lowest BCUT2D eigenvalue weighted by Gasteiger charge is -2.25. The van der Waals surface area contributed by atoms with E-state index in [9.17, 15) is 0 Å². The molecule has 1 aliphatic carbocycles. The standard InChI is InChI=1S/C11H19P.C2H6/c1-4-9-10(8(2)3)6-5-7-11(9)12;1-2/h4,11H,5-7,12H2,1-3H3;1-2H3/b9-4+;. The summed E-state index contributed by atoms with van der Waals surface area (Å²) in [5, 5.41) is 0. The SMILES string of the molecule is C/C=C1\C(=C(C)C)CCCC1P.CC. The van der Waals surface area contributed by atoms with Crippen molar-refractivity contribution in [3.8, 4) is 0 Å². The molecule has 0 aliphatic heterocycles. The van der Waals surface area contributed by atoms with Crippen LogP contribution < -0.4 is 0 Å².